The Hall–Kier alpha value is -2.68. The minimum absolute atomic E-state index is 0.0493. The van der Waals surface area contributed by atoms with Gasteiger partial charge in [-0.25, -0.2) is 0 Å². The summed E-state index contributed by atoms with van der Waals surface area (Å²) in [4.78, 5) is 38.0. The number of rotatable bonds is 6. The molecule has 0 aromatic heterocycles. The van der Waals surface area contributed by atoms with Crippen molar-refractivity contribution in [1.29, 1.82) is 0 Å². The molecule has 2 amide bonds. The first-order valence-corrected chi connectivity index (χ1v) is 7.54. The Morgan fingerprint density at radius 1 is 1.57 bits per heavy atom. The molecule has 0 radical (unpaired) electrons. The first-order valence-electron chi connectivity index (χ1n) is 6.67. The molecule has 0 unspecified atom stereocenters. The summed E-state index contributed by atoms with van der Waals surface area (Å²) in [6.45, 7) is 3.92. The van der Waals surface area contributed by atoms with Gasteiger partial charge in [-0.15, -0.1) is 6.58 Å². The Labute approximate surface area is 136 Å². The highest BCUT2D eigenvalue weighted by Gasteiger charge is 2.31. The number of anilines is 1. The Balaban J connectivity index is 1.95. The predicted octanol–water partition coefficient (Wildman–Crippen LogP) is 1.70. The molecule has 1 aliphatic heterocycles. The maximum absolute atomic E-state index is 12.0. The minimum Gasteiger partial charge on any atom is -0.326 e. The zero-order chi connectivity index (χ0) is 16.8. The fourth-order valence-corrected chi connectivity index (χ4v) is 2.82. The Bertz CT molecular complexity index is 689. The summed E-state index contributed by atoms with van der Waals surface area (Å²) in [5.74, 6) is -0.685. The average molecular weight is 334 g/mol. The number of nitrogens with one attached hydrogen (secondary N) is 2. The number of thioether (sulfide) groups is 1. The van der Waals surface area contributed by atoms with Crippen molar-refractivity contribution in [3.8, 4) is 0 Å². The third kappa shape index (κ3) is 4.65. The zero-order valence-electron chi connectivity index (χ0n) is 12.0. The van der Waals surface area contributed by atoms with Gasteiger partial charge in [0.1, 0.15) is 5.25 Å². The highest BCUT2D eigenvalue weighted by molar-refractivity contribution is 8.15. The van der Waals surface area contributed by atoms with Gasteiger partial charge in [0.2, 0.25) is 11.8 Å². The monoisotopic (exact) mass is 334 g/mol. The van der Waals surface area contributed by atoms with Crippen LogP contribution in [0, 0.1) is 10.1 Å². The molecule has 1 aliphatic rings. The lowest BCUT2D eigenvalue weighted by Crippen LogP contribution is -2.28. The molecule has 0 aliphatic carbocycles. The van der Waals surface area contributed by atoms with Crippen LogP contribution >= 0.6 is 11.8 Å². The number of benzene rings is 1. The zero-order valence-corrected chi connectivity index (χ0v) is 12.8. The molecule has 9 heteroatoms. The van der Waals surface area contributed by atoms with Gasteiger partial charge in [-0.05, 0) is 6.07 Å². The van der Waals surface area contributed by atoms with Crippen LogP contribution in [0.25, 0.3) is 0 Å². The second kappa shape index (κ2) is 7.54. The van der Waals surface area contributed by atoms with E-state index in [2.05, 4.69) is 22.2 Å². The van der Waals surface area contributed by atoms with E-state index in [4.69, 9.17) is 0 Å². The van der Waals surface area contributed by atoms with Crippen LogP contribution < -0.4 is 10.6 Å². The fourth-order valence-electron chi connectivity index (χ4n) is 1.84. The van der Waals surface area contributed by atoms with Gasteiger partial charge in [0.05, 0.1) is 11.5 Å². The Morgan fingerprint density at radius 3 is 3.04 bits per heavy atom. The molecule has 23 heavy (non-hydrogen) atoms. The molecule has 1 aromatic carbocycles. The van der Waals surface area contributed by atoms with Crippen LogP contribution in [0.3, 0.4) is 0 Å². The number of nitro benzene ring substituents is 1. The number of nitrogens with zero attached hydrogens (tertiary/aromatic N) is 2. The topological polar surface area (TPSA) is 114 Å². The second-order valence-corrected chi connectivity index (χ2v) is 5.78. The van der Waals surface area contributed by atoms with Crippen molar-refractivity contribution in [3.05, 3.63) is 47.0 Å². The van der Waals surface area contributed by atoms with E-state index in [0.29, 0.717) is 17.4 Å². The lowest BCUT2D eigenvalue weighted by atomic mass is 10.2. The molecular formula is C14H14N4O4S. The molecule has 2 N–H and O–H groups in total. The van der Waals surface area contributed by atoms with Crippen molar-refractivity contribution in [1.82, 2.24) is 5.32 Å². The van der Waals surface area contributed by atoms with Crippen LogP contribution in [0.4, 0.5) is 11.4 Å². The van der Waals surface area contributed by atoms with Crippen LogP contribution in [0.2, 0.25) is 0 Å². The molecular weight excluding hydrogens is 320 g/mol. The maximum Gasteiger partial charge on any atom is 0.271 e. The molecule has 1 saturated heterocycles. The van der Waals surface area contributed by atoms with Crippen molar-refractivity contribution < 1.29 is 14.5 Å². The highest BCUT2D eigenvalue weighted by atomic mass is 32.2. The lowest BCUT2D eigenvalue weighted by molar-refractivity contribution is -0.384. The number of non-ortho nitro benzene ring substituents is 1. The molecule has 1 atom stereocenters. The summed E-state index contributed by atoms with van der Waals surface area (Å²) in [5, 5.41) is 15.7. The minimum atomic E-state index is -0.572. The third-order valence-electron chi connectivity index (χ3n) is 2.85. The van der Waals surface area contributed by atoms with Crippen molar-refractivity contribution in [2.24, 2.45) is 4.99 Å². The number of aliphatic imine (C=N–C) groups is 1. The molecule has 0 spiro atoms. The van der Waals surface area contributed by atoms with Gasteiger partial charge >= 0.3 is 0 Å². The van der Waals surface area contributed by atoms with Gasteiger partial charge in [0.25, 0.3) is 5.69 Å². The predicted molar refractivity (Wildman–Crippen MR) is 88.4 cm³/mol. The van der Waals surface area contributed by atoms with Crippen LogP contribution in [-0.4, -0.2) is 33.7 Å². The normalized spacial score (nSPS) is 18.5. The highest BCUT2D eigenvalue weighted by Crippen LogP contribution is 2.23. The van der Waals surface area contributed by atoms with Crippen LogP contribution in [-0.2, 0) is 9.59 Å². The summed E-state index contributed by atoms with van der Waals surface area (Å²) in [7, 11) is 0. The first-order chi connectivity index (χ1) is 11.0. The number of carbonyl (C=O) groups is 2. The molecule has 0 bridgehead atoms. The van der Waals surface area contributed by atoms with E-state index >= 15 is 0 Å². The molecule has 2 rings (SSSR count). The summed E-state index contributed by atoms with van der Waals surface area (Å²) in [6.07, 6.45) is 1.55. The maximum atomic E-state index is 12.0. The Kier molecular flexibility index (Phi) is 5.47. The smallest absolute Gasteiger partial charge is 0.271 e. The number of hydrogen-bond acceptors (Lipinski definition) is 6. The quantitative estimate of drug-likeness (QED) is 0.467. The van der Waals surface area contributed by atoms with Crippen molar-refractivity contribution in [2.75, 3.05) is 11.9 Å². The van der Waals surface area contributed by atoms with E-state index in [-0.39, 0.29) is 18.0 Å². The molecule has 1 aromatic rings. The van der Waals surface area contributed by atoms with E-state index < -0.39 is 16.1 Å². The van der Waals surface area contributed by atoms with Crippen molar-refractivity contribution in [3.63, 3.8) is 0 Å². The number of amidine groups is 1. The van der Waals surface area contributed by atoms with Gasteiger partial charge in [-0.2, -0.15) is 0 Å². The van der Waals surface area contributed by atoms with Crippen LogP contribution in [0.5, 0.6) is 0 Å². The van der Waals surface area contributed by atoms with Crippen molar-refractivity contribution in [2.45, 2.75) is 11.7 Å². The fraction of sp³-hybridized carbons (Fsp3) is 0.214. The molecule has 1 fully saturated rings. The molecule has 0 saturated carbocycles. The summed E-state index contributed by atoms with van der Waals surface area (Å²) in [6, 6.07) is 5.61. The summed E-state index contributed by atoms with van der Waals surface area (Å²) >= 11 is 1.18. The molecule has 120 valence electrons. The van der Waals surface area contributed by atoms with Gasteiger partial charge in [0, 0.05) is 24.2 Å². The third-order valence-corrected chi connectivity index (χ3v) is 3.97. The second-order valence-electron chi connectivity index (χ2n) is 4.59. The lowest BCUT2D eigenvalue weighted by Gasteiger charge is -2.07. The van der Waals surface area contributed by atoms with Crippen LogP contribution in [0.1, 0.15) is 6.42 Å². The van der Waals surface area contributed by atoms with E-state index in [9.17, 15) is 19.7 Å². The van der Waals surface area contributed by atoms with Crippen molar-refractivity contribution >= 4 is 40.1 Å². The standard InChI is InChI=1S/C14H14N4O4S/c1-2-6-15-14-17-13(20)11(23-14)8-12(19)16-9-4-3-5-10(7-9)18(21)22/h2-5,7,11H,1,6,8H2,(H,16,19)(H,15,17,20)/t11-/m0/s1. The summed E-state index contributed by atoms with van der Waals surface area (Å²) in [5.41, 5.74) is 0.197. The number of amides is 2. The first kappa shape index (κ1) is 16.7. The average Bonchev–Trinajstić information content (AvgIpc) is 2.85. The SMILES string of the molecule is C=CCN=C1NC(=O)[C@H](CC(=O)Nc2cccc([N+](=O)[O-])c2)S1. The van der Waals surface area contributed by atoms with E-state index in [1.165, 1.54) is 30.0 Å². The number of carbonyl (C=O) groups excluding carboxylic acids is 2. The van der Waals surface area contributed by atoms with Gasteiger partial charge < -0.3 is 10.6 Å². The van der Waals surface area contributed by atoms with Crippen LogP contribution in [0.15, 0.2) is 41.9 Å². The number of hydrogen-bond donors (Lipinski definition) is 2. The van der Waals surface area contributed by atoms with E-state index in [1.807, 2.05) is 0 Å². The molecule has 1 heterocycles. The van der Waals surface area contributed by atoms with Gasteiger partial charge in [-0.3, -0.25) is 24.7 Å². The largest absolute Gasteiger partial charge is 0.326 e. The Morgan fingerprint density at radius 2 is 2.35 bits per heavy atom. The van der Waals surface area contributed by atoms with Gasteiger partial charge in [-0.1, -0.05) is 23.9 Å². The van der Waals surface area contributed by atoms with Gasteiger partial charge in [0.15, 0.2) is 5.17 Å². The van der Waals surface area contributed by atoms with E-state index in [0.717, 1.165) is 0 Å². The van der Waals surface area contributed by atoms with E-state index in [1.54, 1.807) is 12.1 Å². The summed E-state index contributed by atoms with van der Waals surface area (Å²) < 4.78 is 0. The molecule has 8 nitrogen and oxygen atoms in total. The number of nitro groups is 1.